The van der Waals surface area contributed by atoms with Gasteiger partial charge in [0.1, 0.15) is 11.8 Å². The van der Waals surface area contributed by atoms with Crippen LogP contribution in [-0.4, -0.2) is 71.2 Å². The Hall–Kier alpha value is -3.76. The highest BCUT2D eigenvalue weighted by molar-refractivity contribution is 6.36. The van der Waals surface area contributed by atoms with Crippen molar-refractivity contribution in [1.29, 1.82) is 0 Å². The molecule has 46 heavy (non-hydrogen) atoms. The topological polar surface area (TPSA) is 157 Å². The van der Waals surface area contributed by atoms with Crippen molar-refractivity contribution in [2.75, 3.05) is 13.7 Å². The molecule has 0 unspecified atom stereocenters. The van der Waals surface area contributed by atoms with E-state index in [0.717, 1.165) is 22.4 Å². The minimum atomic E-state index is -1.08. The van der Waals surface area contributed by atoms with Crippen LogP contribution >= 0.6 is 0 Å². The largest absolute Gasteiger partial charge is 0.496 e. The number of amides is 3. The maximum atomic E-state index is 14.4. The van der Waals surface area contributed by atoms with Crippen molar-refractivity contribution in [1.82, 2.24) is 10.2 Å². The Morgan fingerprint density at radius 3 is 2.22 bits per heavy atom. The molecule has 11 heteroatoms. The van der Waals surface area contributed by atoms with Gasteiger partial charge >= 0.3 is 0 Å². The van der Waals surface area contributed by atoms with Gasteiger partial charge in [0.25, 0.3) is 5.91 Å². The molecule has 2 aliphatic rings. The fraction of sp³-hybridized carbons (Fsp3) is 0.657. The molecule has 1 saturated heterocycles. The van der Waals surface area contributed by atoms with Gasteiger partial charge in [-0.15, -0.1) is 0 Å². The number of nitrogens with one attached hydrogen (secondary N) is 1. The average Bonchev–Trinajstić information content (AvgIpc) is 3.52. The normalized spacial score (nSPS) is 21.0. The van der Waals surface area contributed by atoms with E-state index in [0.29, 0.717) is 25.0 Å². The van der Waals surface area contributed by atoms with Crippen molar-refractivity contribution >= 4 is 35.0 Å². The third-order valence-electron chi connectivity index (χ3n) is 8.70. The third-order valence-corrected chi connectivity index (χ3v) is 8.70. The Morgan fingerprint density at radius 2 is 1.72 bits per heavy atom. The highest BCUT2D eigenvalue weighted by atomic mass is 16.7. The van der Waals surface area contributed by atoms with Crippen LogP contribution in [0.3, 0.4) is 0 Å². The minimum Gasteiger partial charge on any atom is -0.496 e. The van der Waals surface area contributed by atoms with Gasteiger partial charge in [-0.2, -0.15) is 0 Å². The van der Waals surface area contributed by atoms with Crippen molar-refractivity contribution in [2.45, 2.75) is 119 Å². The van der Waals surface area contributed by atoms with Crippen molar-refractivity contribution in [3.63, 3.8) is 0 Å². The lowest BCUT2D eigenvalue weighted by Gasteiger charge is -2.36. The van der Waals surface area contributed by atoms with Crippen LogP contribution in [0.4, 0.5) is 0 Å². The molecule has 0 saturated carbocycles. The maximum absolute atomic E-state index is 14.4. The van der Waals surface area contributed by atoms with Gasteiger partial charge in [0.2, 0.25) is 17.6 Å². The number of ketones is 2. The lowest BCUT2D eigenvalue weighted by Crippen LogP contribution is -2.57. The number of Topliss-reactive ketones (excluding diaryl/α,β-unsaturated/α-hetero) is 2. The highest BCUT2D eigenvalue weighted by Gasteiger charge is 2.55. The summed E-state index contributed by atoms with van der Waals surface area (Å²) in [6.45, 7) is 17.2. The first-order valence-electron chi connectivity index (χ1n) is 16.1. The van der Waals surface area contributed by atoms with E-state index >= 15 is 0 Å². The molecule has 0 bridgehead atoms. The number of carbonyl (C=O) groups is 5. The summed E-state index contributed by atoms with van der Waals surface area (Å²) in [6.07, 6.45) is 1.36. The smallest absolute Gasteiger partial charge is 0.285 e. The zero-order valence-corrected chi connectivity index (χ0v) is 29.2. The number of rotatable bonds is 12. The molecule has 0 aliphatic carbocycles. The number of methoxy groups -OCH3 is 1. The number of nitrogens with two attached hydrogens (primary N) is 1. The van der Waals surface area contributed by atoms with E-state index in [-0.39, 0.29) is 42.9 Å². The number of ether oxygens (including phenoxy) is 1. The summed E-state index contributed by atoms with van der Waals surface area (Å²) in [6, 6.07) is 2.06. The van der Waals surface area contributed by atoms with E-state index < -0.39 is 46.6 Å². The standard InChI is InChI=1S/C35H52N4O7/c1-11-12-22(28(42)31(36)43)15-26(40)25-17-35(16-24(38-46-35)23-13-20(2)29(45-10)21(3)14-23)19-39(25)32(44)30(34(7,8)9)37-27(41)18-33(4,5)6/h13-14,22,25,30H,11-12,15-19H2,1-10H3,(H2,36,43)(H,37,41)/t22-,25+,30-,35-/m1/s1. The van der Waals surface area contributed by atoms with Gasteiger partial charge in [0.05, 0.1) is 25.4 Å². The number of hydrogen-bond donors (Lipinski definition) is 2. The molecular weight excluding hydrogens is 588 g/mol. The van der Waals surface area contributed by atoms with Crippen molar-refractivity contribution in [2.24, 2.45) is 27.6 Å². The van der Waals surface area contributed by atoms with Gasteiger partial charge in [0.15, 0.2) is 11.4 Å². The molecule has 1 aromatic rings. The van der Waals surface area contributed by atoms with Gasteiger partial charge < -0.3 is 25.5 Å². The van der Waals surface area contributed by atoms with Crippen molar-refractivity contribution < 1.29 is 33.5 Å². The number of aryl methyl sites for hydroxylation is 2. The van der Waals surface area contributed by atoms with Crippen LogP contribution < -0.4 is 15.8 Å². The second-order valence-electron chi connectivity index (χ2n) is 15.3. The number of oxime groups is 1. The van der Waals surface area contributed by atoms with E-state index in [1.807, 2.05) is 74.4 Å². The molecule has 4 atom stereocenters. The highest BCUT2D eigenvalue weighted by Crippen LogP contribution is 2.41. The Labute approximate surface area is 273 Å². The van der Waals surface area contributed by atoms with Crippen LogP contribution in [0.5, 0.6) is 5.75 Å². The van der Waals surface area contributed by atoms with Crippen molar-refractivity contribution in [3.8, 4) is 5.75 Å². The molecule has 1 spiro atoms. The molecule has 11 nitrogen and oxygen atoms in total. The molecule has 3 N–H and O–H groups in total. The summed E-state index contributed by atoms with van der Waals surface area (Å²) < 4.78 is 5.52. The number of nitrogens with zero attached hydrogens (tertiary/aromatic N) is 2. The number of carbonyl (C=O) groups excluding carboxylic acids is 5. The van der Waals surface area contributed by atoms with E-state index in [4.69, 9.17) is 15.3 Å². The Bertz CT molecular complexity index is 1380. The van der Waals surface area contributed by atoms with Crippen LogP contribution in [-0.2, 0) is 28.8 Å². The molecule has 0 aromatic heterocycles. The SMILES string of the molecule is CCC[C@H](CC(=O)[C@@H]1C[C@]2(CC(c3cc(C)c(OC)c(C)c3)=NO2)CN1C(=O)[C@@H](NC(=O)CC(C)(C)C)C(C)(C)C)C(=O)C(N)=O. The monoisotopic (exact) mass is 640 g/mol. The lowest BCUT2D eigenvalue weighted by atomic mass is 9.84. The first kappa shape index (κ1) is 36.7. The average molecular weight is 641 g/mol. The number of hydrogen-bond acceptors (Lipinski definition) is 8. The molecular formula is C35H52N4O7. The van der Waals surface area contributed by atoms with E-state index in [2.05, 4.69) is 10.5 Å². The fourth-order valence-electron chi connectivity index (χ4n) is 6.54. The third kappa shape index (κ3) is 8.53. The van der Waals surface area contributed by atoms with Gasteiger partial charge in [-0.05, 0) is 54.4 Å². The summed E-state index contributed by atoms with van der Waals surface area (Å²) in [5.74, 6) is -3.01. The molecule has 2 aliphatic heterocycles. The molecule has 254 valence electrons. The van der Waals surface area contributed by atoms with Crippen LogP contribution in [0.25, 0.3) is 0 Å². The molecule has 3 rings (SSSR count). The van der Waals surface area contributed by atoms with Crippen LogP contribution in [0, 0.1) is 30.6 Å². The Morgan fingerprint density at radius 1 is 1.11 bits per heavy atom. The summed E-state index contributed by atoms with van der Waals surface area (Å²) in [4.78, 5) is 73.5. The second-order valence-corrected chi connectivity index (χ2v) is 15.3. The zero-order valence-electron chi connectivity index (χ0n) is 29.2. The van der Waals surface area contributed by atoms with Crippen LogP contribution in [0.2, 0.25) is 0 Å². The number of benzene rings is 1. The Balaban J connectivity index is 1.98. The van der Waals surface area contributed by atoms with Crippen LogP contribution in [0.1, 0.15) is 104 Å². The van der Waals surface area contributed by atoms with Gasteiger partial charge in [-0.3, -0.25) is 24.0 Å². The predicted molar refractivity (Wildman–Crippen MR) is 175 cm³/mol. The van der Waals surface area contributed by atoms with E-state index in [1.165, 1.54) is 4.90 Å². The van der Waals surface area contributed by atoms with Gasteiger partial charge in [-0.25, -0.2) is 0 Å². The van der Waals surface area contributed by atoms with E-state index in [9.17, 15) is 24.0 Å². The summed E-state index contributed by atoms with van der Waals surface area (Å²) in [5, 5.41) is 7.37. The summed E-state index contributed by atoms with van der Waals surface area (Å²) >= 11 is 0. The molecule has 0 radical (unpaired) electrons. The summed E-state index contributed by atoms with van der Waals surface area (Å²) in [5.41, 5.74) is 6.77. The first-order chi connectivity index (χ1) is 21.2. The minimum absolute atomic E-state index is 0.0628. The predicted octanol–water partition coefficient (Wildman–Crippen LogP) is 4.17. The maximum Gasteiger partial charge on any atom is 0.285 e. The van der Waals surface area contributed by atoms with Crippen LogP contribution in [0.15, 0.2) is 17.3 Å². The zero-order chi connectivity index (χ0) is 34.8. The van der Waals surface area contributed by atoms with E-state index in [1.54, 1.807) is 7.11 Å². The number of primary amides is 1. The van der Waals surface area contributed by atoms with Gasteiger partial charge in [0, 0.05) is 37.2 Å². The Kier molecular flexibility index (Phi) is 11.1. The second kappa shape index (κ2) is 13.9. The first-order valence-corrected chi connectivity index (χ1v) is 16.1. The summed E-state index contributed by atoms with van der Waals surface area (Å²) in [7, 11) is 1.62. The molecule has 3 amide bonds. The molecule has 1 aromatic carbocycles. The fourth-order valence-corrected chi connectivity index (χ4v) is 6.54. The number of likely N-dealkylation sites (tertiary alicyclic amines) is 1. The molecule has 2 heterocycles. The quantitative estimate of drug-likeness (QED) is 0.325. The van der Waals surface area contributed by atoms with Gasteiger partial charge in [-0.1, -0.05) is 60.0 Å². The molecule has 1 fully saturated rings. The van der Waals surface area contributed by atoms with Crippen molar-refractivity contribution in [3.05, 3.63) is 28.8 Å². The lowest BCUT2D eigenvalue weighted by molar-refractivity contribution is -0.145.